The van der Waals surface area contributed by atoms with Crippen molar-refractivity contribution in [1.29, 1.82) is 0 Å². The summed E-state index contributed by atoms with van der Waals surface area (Å²) in [4.78, 5) is 22.2. The van der Waals surface area contributed by atoms with E-state index in [-0.39, 0.29) is 5.91 Å². The summed E-state index contributed by atoms with van der Waals surface area (Å²) in [5.74, 6) is 0.996. The summed E-state index contributed by atoms with van der Waals surface area (Å²) in [6.07, 6.45) is 2.12. The smallest absolute Gasteiger partial charge is 0.264 e. The molecule has 1 saturated heterocycles. The van der Waals surface area contributed by atoms with Crippen LogP contribution in [-0.2, 0) is 6.54 Å². The first kappa shape index (κ1) is 19.7. The summed E-state index contributed by atoms with van der Waals surface area (Å²) in [7, 11) is 0. The SMILES string of the molecule is Cc1nn(CC(C)C)c2sc(C(=O)N3CCC[C@@H](c4nc5ccccc5s4)C3)cc12. The van der Waals surface area contributed by atoms with Crippen LogP contribution in [0.15, 0.2) is 30.3 Å². The topological polar surface area (TPSA) is 51.0 Å². The highest BCUT2D eigenvalue weighted by molar-refractivity contribution is 7.20. The predicted molar refractivity (Wildman–Crippen MR) is 125 cm³/mol. The Labute approximate surface area is 184 Å². The first-order valence-corrected chi connectivity index (χ1v) is 12.2. The predicted octanol–water partition coefficient (Wildman–Crippen LogP) is 5.69. The summed E-state index contributed by atoms with van der Waals surface area (Å²) in [5, 5.41) is 6.95. The van der Waals surface area contributed by atoms with Crippen LogP contribution in [0, 0.1) is 12.8 Å². The molecule has 4 heterocycles. The van der Waals surface area contributed by atoms with Gasteiger partial charge in [0.15, 0.2) is 0 Å². The summed E-state index contributed by atoms with van der Waals surface area (Å²) >= 11 is 3.36. The molecule has 5 nitrogen and oxygen atoms in total. The number of fused-ring (bicyclic) bond motifs is 2. The van der Waals surface area contributed by atoms with Crippen LogP contribution < -0.4 is 0 Å². The van der Waals surface area contributed by atoms with E-state index in [1.807, 2.05) is 24.0 Å². The van der Waals surface area contributed by atoms with Crippen molar-refractivity contribution in [3.8, 4) is 0 Å². The second-order valence-electron chi connectivity index (χ2n) is 8.60. The maximum atomic E-state index is 13.4. The number of likely N-dealkylation sites (tertiary alicyclic amines) is 1. The van der Waals surface area contributed by atoms with E-state index in [0.717, 1.165) is 63.8 Å². The molecule has 0 aliphatic carbocycles. The minimum atomic E-state index is 0.150. The Hall–Kier alpha value is -2.25. The van der Waals surface area contributed by atoms with Gasteiger partial charge < -0.3 is 4.90 Å². The molecule has 0 radical (unpaired) electrons. The van der Waals surface area contributed by atoms with E-state index in [1.165, 1.54) is 4.70 Å². The van der Waals surface area contributed by atoms with E-state index in [2.05, 4.69) is 41.8 Å². The molecule has 1 atom stereocenters. The Kier molecular flexibility index (Phi) is 5.11. The average molecular weight is 439 g/mol. The maximum Gasteiger partial charge on any atom is 0.264 e. The van der Waals surface area contributed by atoms with Crippen molar-refractivity contribution in [3.05, 3.63) is 45.9 Å². The van der Waals surface area contributed by atoms with Crippen molar-refractivity contribution < 1.29 is 4.79 Å². The zero-order valence-corrected chi connectivity index (χ0v) is 19.2. The third kappa shape index (κ3) is 3.54. The van der Waals surface area contributed by atoms with Gasteiger partial charge in [0.2, 0.25) is 0 Å². The fourth-order valence-electron chi connectivity index (χ4n) is 4.27. The number of aromatic nitrogens is 3. The normalized spacial score (nSPS) is 17.5. The number of para-hydroxylation sites is 1. The highest BCUT2D eigenvalue weighted by Gasteiger charge is 2.29. The number of hydrogen-bond donors (Lipinski definition) is 0. The number of thiazole rings is 1. The van der Waals surface area contributed by atoms with E-state index in [9.17, 15) is 4.79 Å². The lowest BCUT2D eigenvalue weighted by molar-refractivity contribution is 0.0712. The van der Waals surface area contributed by atoms with Gasteiger partial charge >= 0.3 is 0 Å². The van der Waals surface area contributed by atoms with Crippen LogP contribution in [0.1, 0.15) is 53.0 Å². The molecule has 1 fully saturated rings. The quantitative estimate of drug-likeness (QED) is 0.411. The van der Waals surface area contributed by atoms with Gasteiger partial charge in [0.25, 0.3) is 5.91 Å². The number of carbonyl (C=O) groups excluding carboxylic acids is 1. The molecule has 1 aromatic carbocycles. The number of benzene rings is 1. The van der Waals surface area contributed by atoms with Crippen molar-refractivity contribution in [2.75, 3.05) is 13.1 Å². The average Bonchev–Trinajstić information content (AvgIpc) is 3.43. The molecule has 1 aliphatic heterocycles. The molecule has 1 amide bonds. The molecule has 0 bridgehead atoms. The van der Waals surface area contributed by atoms with E-state index < -0.39 is 0 Å². The lowest BCUT2D eigenvalue weighted by atomic mass is 9.98. The van der Waals surface area contributed by atoms with Crippen LogP contribution in [0.4, 0.5) is 0 Å². The molecular formula is C23H26N4OS2. The zero-order valence-electron chi connectivity index (χ0n) is 17.6. The molecule has 30 heavy (non-hydrogen) atoms. The molecule has 0 N–H and O–H groups in total. The molecular weight excluding hydrogens is 412 g/mol. The molecule has 5 rings (SSSR count). The summed E-state index contributed by atoms with van der Waals surface area (Å²) in [6.45, 7) is 8.87. The second kappa shape index (κ2) is 7.78. The standard InChI is InChI=1S/C23H26N4OS2/c1-14(2)12-27-23-17(15(3)25-27)11-20(30-23)22(28)26-10-6-7-16(13-26)21-24-18-8-4-5-9-19(18)29-21/h4-5,8-9,11,14,16H,6-7,10,12-13H2,1-3H3/t16-/m1/s1. The van der Waals surface area contributed by atoms with Gasteiger partial charge in [-0.25, -0.2) is 4.98 Å². The van der Waals surface area contributed by atoms with Crippen LogP contribution in [0.5, 0.6) is 0 Å². The van der Waals surface area contributed by atoms with E-state index in [0.29, 0.717) is 11.8 Å². The van der Waals surface area contributed by atoms with Crippen LogP contribution in [0.2, 0.25) is 0 Å². The Balaban J connectivity index is 1.39. The van der Waals surface area contributed by atoms with Crippen molar-refractivity contribution in [3.63, 3.8) is 0 Å². The van der Waals surface area contributed by atoms with Crippen molar-refractivity contribution >= 4 is 49.0 Å². The molecule has 7 heteroatoms. The van der Waals surface area contributed by atoms with Crippen molar-refractivity contribution in [2.45, 2.75) is 46.1 Å². The number of amides is 1. The Morgan fingerprint density at radius 2 is 2.10 bits per heavy atom. The minimum absolute atomic E-state index is 0.150. The first-order valence-electron chi connectivity index (χ1n) is 10.6. The fourth-order valence-corrected chi connectivity index (χ4v) is 6.50. The van der Waals surface area contributed by atoms with Crippen molar-refractivity contribution in [2.24, 2.45) is 5.92 Å². The third-order valence-electron chi connectivity index (χ3n) is 5.72. The van der Waals surface area contributed by atoms with Crippen LogP contribution >= 0.6 is 22.7 Å². The van der Waals surface area contributed by atoms with Gasteiger partial charge in [-0.3, -0.25) is 9.48 Å². The highest BCUT2D eigenvalue weighted by Crippen LogP contribution is 2.35. The highest BCUT2D eigenvalue weighted by atomic mass is 32.1. The van der Waals surface area contributed by atoms with Gasteiger partial charge in [0.05, 0.1) is 25.8 Å². The Morgan fingerprint density at radius 3 is 2.90 bits per heavy atom. The number of nitrogens with zero attached hydrogens (tertiary/aromatic N) is 4. The largest absolute Gasteiger partial charge is 0.337 e. The maximum absolute atomic E-state index is 13.4. The van der Waals surface area contributed by atoms with E-state index in [1.54, 1.807) is 22.7 Å². The van der Waals surface area contributed by atoms with Gasteiger partial charge in [-0.05, 0) is 43.9 Å². The molecule has 1 aliphatic rings. The van der Waals surface area contributed by atoms with Gasteiger partial charge in [0.1, 0.15) is 4.83 Å². The lowest BCUT2D eigenvalue weighted by Gasteiger charge is -2.31. The molecule has 156 valence electrons. The van der Waals surface area contributed by atoms with Crippen LogP contribution in [-0.4, -0.2) is 38.7 Å². The summed E-state index contributed by atoms with van der Waals surface area (Å²) in [6, 6.07) is 10.3. The van der Waals surface area contributed by atoms with Crippen molar-refractivity contribution in [1.82, 2.24) is 19.7 Å². The number of rotatable bonds is 4. The number of carbonyl (C=O) groups is 1. The second-order valence-corrected chi connectivity index (χ2v) is 10.7. The van der Waals surface area contributed by atoms with Crippen LogP contribution in [0.25, 0.3) is 20.4 Å². The van der Waals surface area contributed by atoms with E-state index >= 15 is 0 Å². The van der Waals surface area contributed by atoms with Crippen LogP contribution in [0.3, 0.4) is 0 Å². The molecule has 4 aromatic rings. The Bertz CT molecular complexity index is 1190. The van der Waals surface area contributed by atoms with Gasteiger partial charge in [0, 0.05) is 30.9 Å². The van der Waals surface area contributed by atoms with E-state index in [4.69, 9.17) is 4.98 Å². The monoisotopic (exact) mass is 438 g/mol. The number of aryl methyl sites for hydroxylation is 1. The summed E-state index contributed by atoms with van der Waals surface area (Å²) in [5.41, 5.74) is 2.07. The molecule has 0 saturated carbocycles. The molecule has 3 aromatic heterocycles. The Morgan fingerprint density at radius 1 is 1.27 bits per heavy atom. The summed E-state index contributed by atoms with van der Waals surface area (Å²) < 4.78 is 3.29. The first-order chi connectivity index (χ1) is 14.5. The number of piperidine rings is 1. The number of thiophene rings is 1. The van der Waals surface area contributed by atoms with Gasteiger partial charge in [-0.1, -0.05) is 26.0 Å². The van der Waals surface area contributed by atoms with Gasteiger partial charge in [-0.15, -0.1) is 22.7 Å². The number of hydrogen-bond acceptors (Lipinski definition) is 5. The van der Waals surface area contributed by atoms with Gasteiger partial charge in [-0.2, -0.15) is 5.10 Å². The lowest BCUT2D eigenvalue weighted by Crippen LogP contribution is -2.38. The minimum Gasteiger partial charge on any atom is -0.337 e. The third-order valence-corrected chi connectivity index (χ3v) is 8.06. The molecule has 0 unspecified atom stereocenters. The molecule has 0 spiro atoms. The zero-order chi connectivity index (χ0) is 20.8. The fraction of sp³-hybridized carbons (Fsp3) is 0.435.